The number of benzene rings is 1. The standard InChI is InChI=1S/C24H28N4O6/c1-32-20-4-2-18(3-5-20)12-27-13-21(34-17-19-6-8-25-9-7-19)14-28(16-23(27)30)22(29)15-26-10-11-33-24(26)31/h2-9,21H,10-17H2,1H3/t21-/m0/s1. The molecule has 3 heterocycles. The summed E-state index contributed by atoms with van der Waals surface area (Å²) in [6.07, 6.45) is 2.47. The van der Waals surface area contributed by atoms with Gasteiger partial charge in [-0.15, -0.1) is 0 Å². The van der Waals surface area contributed by atoms with E-state index in [0.717, 1.165) is 16.9 Å². The fourth-order valence-electron chi connectivity index (χ4n) is 3.90. The molecule has 1 aromatic heterocycles. The van der Waals surface area contributed by atoms with Crippen LogP contribution in [-0.4, -0.2) is 90.1 Å². The predicted octanol–water partition coefficient (Wildman–Crippen LogP) is 1.30. The maximum Gasteiger partial charge on any atom is 0.410 e. The predicted molar refractivity (Wildman–Crippen MR) is 121 cm³/mol. The molecule has 10 nitrogen and oxygen atoms in total. The minimum absolute atomic E-state index is 0.0764. The van der Waals surface area contributed by atoms with Gasteiger partial charge in [0, 0.05) is 32.0 Å². The van der Waals surface area contributed by atoms with Gasteiger partial charge in [0.25, 0.3) is 0 Å². The zero-order valence-electron chi connectivity index (χ0n) is 19.1. The number of rotatable bonds is 8. The zero-order chi connectivity index (χ0) is 23.9. The number of amides is 3. The lowest BCUT2D eigenvalue weighted by Gasteiger charge is -2.25. The number of hydrogen-bond acceptors (Lipinski definition) is 7. The van der Waals surface area contributed by atoms with E-state index in [9.17, 15) is 14.4 Å². The van der Waals surface area contributed by atoms with E-state index in [1.165, 1.54) is 9.80 Å². The van der Waals surface area contributed by atoms with E-state index in [-0.39, 0.29) is 38.1 Å². The van der Waals surface area contributed by atoms with Gasteiger partial charge in [-0.05, 0) is 35.4 Å². The summed E-state index contributed by atoms with van der Waals surface area (Å²) in [4.78, 5) is 46.4. The van der Waals surface area contributed by atoms with Crippen LogP contribution >= 0.6 is 0 Å². The van der Waals surface area contributed by atoms with E-state index in [0.29, 0.717) is 26.2 Å². The minimum atomic E-state index is -0.513. The number of carbonyl (C=O) groups is 3. The van der Waals surface area contributed by atoms with Gasteiger partial charge in [0.15, 0.2) is 0 Å². The van der Waals surface area contributed by atoms with E-state index in [1.54, 1.807) is 24.4 Å². The van der Waals surface area contributed by atoms with Crippen molar-refractivity contribution in [3.8, 4) is 5.75 Å². The van der Waals surface area contributed by atoms with Crippen molar-refractivity contribution >= 4 is 17.9 Å². The zero-order valence-corrected chi connectivity index (χ0v) is 19.1. The molecule has 2 aromatic rings. The van der Waals surface area contributed by atoms with Gasteiger partial charge in [-0.2, -0.15) is 0 Å². The number of cyclic esters (lactones) is 1. The smallest absolute Gasteiger partial charge is 0.410 e. The summed E-state index contributed by atoms with van der Waals surface area (Å²) in [5.74, 6) is 0.251. The van der Waals surface area contributed by atoms with Crippen molar-refractivity contribution < 1.29 is 28.6 Å². The summed E-state index contributed by atoms with van der Waals surface area (Å²) < 4.78 is 16.3. The molecule has 0 N–H and O–H groups in total. The lowest BCUT2D eigenvalue weighted by Crippen LogP contribution is -2.45. The van der Waals surface area contributed by atoms with Gasteiger partial charge in [-0.25, -0.2) is 4.79 Å². The Kier molecular flexibility index (Phi) is 7.58. The number of nitrogens with zero attached hydrogens (tertiary/aromatic N) is 4. The van der Waals surface area contributed by atoms with Gasteiger partial charge in [-0.1, -0.05) is 12.1 Å². The molecule has 0 saturated carbocycles. The molecule has 2 aliphatic rings. The fourth-order valence-corrected chi connectivity index (χ4v) is 3.90. The summed E-state index contributed by atoms with van der Waals surface area (Å²) >= 11 is 0. The molecule has 10 heteroatoms. The van der Waals surface area contributed by atoms with E-state index < -0.39 is 12.2 Å². The lowest BCUT2D eigenvalue weighted by molar-refractivity contribution is -0.139. The largest absolute Gasteiger partial charge is 0.497 e. The molecule has 3 amide bonds. The highest BCUT2D eigenvalue weighted by molar-refractivity contribution is 5.88. The third-order valence-corrected chi connectivity index (χ3v) is 5.82. The normalized spacial score (nSPS) is 18.6. The molecule has 34 heavy (non-hydrogen) atoms. The van der Waals surface area contributed by atoms with Crippen LogP contribution < -0.4 is 4.74 Å². The second-order valence-electron chi connectivity index (χ2n) is 8.22. The van der Waals surface area contributed by atoms with E-state index in [1.807, 2.05) is 36.4 Å². The van der Waals surface area contributed by atoms with Crippen LogP contribution in [0.2, 0.25) is 0 Å². The minimum Gasteiger partial charge on any atom is -0.497 e. The second kappa shape index (κ2) is 11.0. The maximum atomic E-state index is 13.1. The number of methoxy groups -OCH3 is 1. The van der Waals surface area contributed by atoms with Crippen LogP contribution in [0.25, 0.3) is 0 Å². The molecule has 180 valence electrons. The Morgan fingerprint density at radius 3 is 2.50 bits per heavy atom. The summed E-state index contributed by atoms with van der Waals surface area (Å²) in [5.41, 5.74) is 1.89. The monoisotopic (exact) mass is 468 g/mol. The molecule has 0 aliphatic carbocycles. The number of hydrogen-bond donors (Lipinski definition) is 0. The molecule has 2 fully saturated rings. The Morgan fingerprint density at radius 1 is 1.06 bits per heavy atom. The first-order chi connectivity index (χ1) is 16.5. The third-order valence-electron chi connectivity index (χ3n) is 5.82. The first-order valence-electron chi connectivity index (χ1n) is 11.1. The Morgan fingerprint density at radius 2 is 1.82 bits per heavy atom. The van der Waals surface area contributed by atoms with Crippen molar-refractivity contribution in [1.82, 2.24) is 19.7 Å². The van der Waals surface area contributed by atoms with Gasteiger partial charge < -0.3 is 24.0 Å². The highest BCUT2D eigenvalue weighted by Gasteiger charge is 2.33. The average molecular weight is 469 g/mol. The molecule has 0 spiro atoms. The Labute approximate surface area is 198 Å². The second-order valence-corrected chi connectivity index (χ2v) is 8.22. The van der Waals surface area contributed by atoms with Crippen LogP contribution in [0.15, 0.2) is 48.8 Å². The highest BCUT2D eigenvalue weighted by Crippen LogP contribution is 2.17. The lowest BCUT2D eigenvalue weighted by atomic mass is 10.2. The number of ether oxygens (including phenoxy) is 3. The van der Waals surface area contributed by atoms with Crippen molar-refractivity contribution in [1.29, 1.82) is 0 Å². The molecule has 2 saturated heterocycles. The van der Waals surface area contributed by atoms with Crippen LogP contribution in [-0.2, 0) is 32.2 Å². The number of pyridine rings is 1. The van der Waals surface area contributed by atoms with Crippen LogP contribution in [0.3, 0.4) is 0 Å². The molecule has 2 aliphatic heterocycles. The van der Waals surface area contributed by atoms with Crippen LogP contribution in [0, 0.1) is 0 Å². The molecule has 1 atom stereocenters. The molecule has 0 radical (unpaired) electrons. The van der Waals surface area contributed by atoms with E-state index in [4.69, 9.17) is 14.2 Å². The summed E-state index contributed by atoms with van der Waals surface area (Å²) in [5, 5.41) is 0. The van der Waals surface area contributed by atoms with Crippen molar-refractivity contribution in [2.24, 2.45) is 0 Å². The molecular formula is C24H28N4O6. The molecule has 0 unspecified atom stereocenters. The number of aromatic nitrogens is 1. The summed E-state index contributed by atoms with van der Waals surface area (Å²) in [6, 6.07) is 11.2. The van der Waals surface area contributed by atoms with E-state index in [2.05, 4.69) is 4.98 Å². The van der Waals surface area contributed by atoms with Gasteiger partial charge in [0.1, 0.15) is 18.9 Å². The first kappa shape index (κ1) is 23.5. The average Bonchev–Trinajstić information content (AvgIpc) is 3.18. The third kappa shape index (κ3) is 6.02. The Bertz CT molecular complexity index is 1000. The molecular weight excluding hydrogens is 440 g/mol. The highest BCUT2D eigenvalue weighted by atomic mass is 16.6. The van der Waals surface area contributed by atoms with Crippen LogP contribution in [0.1, 0.15) is 11.1 Å². The van der Waals surface area contributed by atoms with Gasteiger partial charge in [-0.3, -0.25) is 19.5 Å². The topological polar surface area (TPSA) is 102 Å². The quantitative estimate of drug-likeness (QED) is 0.576. The van der Waals surface area contributed by atoms with Gasteiger partial charge in [0.05, 0.1) is 32.9 Å². The maximum absolute atomic E-state index is 13.1. The summed E-state index contributed by atoms with van der Waals surface area (Å²) in [7, 11) is 1.60. The summed E-state index contributed by atoms with van der Waals surface area (Å²) in [6.45, 7) is 1.73. The molecule has 4 rings (SSSR count). The fraction of sp³-hybridized carbons (Fsp3) is 0.417. The molecule has 0 bridgehead atoms. The van der Waals surface area contributed by atoms with Crippen molar-refractivity contribution in [2.75, 3.05) is 46.4 Å². The Balaban J connectivity index is 1.47. The SMILES string of the molecule is COc1ccc(CN2C[C@H](OCc3ccncc3)CN(C(=O)CN3CCOC3=O)CC2=O)cc1. The van der Waals surface area contributed by atoms with Crippen LogP contribution in [0.5, 0.6) is 5.75 Å². The number of carbonyl (C=O) groups excluding carboxylic acids is 3. The van der Waals surface area contributed by atoms with Crippen molar-refractivity contribution in [2.45, 2.75) is 19.3 Å². The van der Waals surface area contributed by atoms with Gasteiger partial charge in [0.2, 0.25) is 11.8 Å². The van der Waals surface area contributed by atoms with E-state index >= 15 is 0 Å². The van der Waals surface area contributed by atoms with Crippen molar-refractivity contribution in [3.05, 3.63) is 59.9 Å². The molecule has 1 aromatic carbocycles. The first-order valence-corrected chi connectivity index (χ1v) is 11.1. The Hall–Kier alpha value is -3.66. The van der Waals surface area contributed by atoms with Crippen molar-refractivity contribution in [3.63, 3.8) is 0 Å². The van der Waals surface area contributed by atoms with Gasteiger partial charge >= 0.3 is 6.09 Å². The van der Waals surface area contributed by atoms with Crippen LogP contribution in [0.4, 0.5) is 4.79 Å².